The Bertz CT molecular complexity index is 1090. The van der Waals surface area contributed by atoms with Gasteiger partial charge in [0.05, 0.1) is 27.2 Å². The van der Waals surface area contributed by atoms with Gasteiger partial charge in [-0.1, -0.05) is 23.7 Å². The molecular formula is C19H13Br2ClN2O5S. The van der Waals surface area contributed by atoms with Gasteiger partial charge in [-0.2, -0.15) is 0 Å². The summed E-state index contributed by atoms with van der Waals surface area (Å²) in [5.74, 6) is -1.07. The predicted octanol–water partition coefficient (Wildman–Crippen LogP) is 5.25. The summed E-state index contributed by atoms with van der Waals surface area (Å²) in [7, 11) is 1.39. The molecule has 2 N–H and O–H groups in total. The number of imide groups is 1. The van der Waals surface area contributed by atoms with Gasteiger partial charge in [0.2, 0.25) is 5.91 Å². The van der Waals surface area contributed by atoms with E-state index in [-0.39, 0.29) is 16.4 Å². The van der Waals surface area contributed by atoms with Crippen LogP contribution < -0.4 is 10.1 Å². The molecule has 0 atom stereocenters. The molecule has 0 bridgehead atoms. The number of amides is 3. The van der Waals surface area contributed by atoms with Gasteiger partial charge in [0, 0.05) is 4.47 Å². The molecule has 0 aromatic heterocycles. The average molecular weight is 577 g/mol. The number of benzene rings is 2. The van der Waals surface area contributed by atoms with Crippen LogP contribution in [-0.2, 0) is 9.59 Å². The standard InChI is InChI=1S/C19H13Br2ClN2O5S/c1-29-12-6-9(15(20)16(21)17(12)26)7-13-18(27)24(19(28)30-13)8-14(25)23-11-5-3-2-4-10(11)22/h2-7,26H,8H2,1H3,(H,23,25)/b13-7+. The van der Waals surface area contributed by atoms with Crippen LogP contribution in [0.2, 0.25) is 5.02 Å². The highest BCUT2D eigenvalue weighted by molar-refractivity contribution is 9.13. The molecule has 0 spiro atoms. The van der Waals surface area contributed by atoms with Crippen molar-refractivity contribution in [2.24, 2.45) is 0 Å². The minimum absolute atomic E-state index is 0.106. The SMILES string of the molecule is COc1cc(/C=C2/SC(=O)N(CC(=O)Nc3ccccc3Cl)C2=O)c(Br)c(Br)c1O. The van der Waals surface area contributed by atoms with Crippen LogP contribution in [0.25, 0.3) is 6.08 Å². The van der Waals surface area contributed by atoms with Crippen molar-refractivity contribution in [3.8, 4) is 11.5 Å². The van der Waals surface area contributed by atoms with Crippen molar-refractivity contribution in [1.29, 1.82) is 0 Å². The summed E-state index contributed by atoms with van der Waals surface area (Å²) in [6, 6.07) is 8.16. The van der Waals surface area contributed by atoms with E-state index in [0.717, 1.165) is 4.90 Å². The molecule has 0 saturated carbocycles. The number of methoxy groups -OCH3 is 1. The first-order chi connectivity index (χ1) is 14.2. The zero-order chi connectivity index (χ0) is 22.0. The van der Waals surface area contributed by atoms with Gasteiger partial charge in [0.1, 0.15) is 6.54 Å². The number of thioether (sulfide) groups is 1. The third-order valence-electron chi connectivity index (χ3n) is 4.00. The van der Waals surface area contributed by atoms with E-state index >= 15 is 0 Å². The first kappa shape index (κ1) is 22.7. The Morgan fingerprint density at radius 1 is 1.30 bits per heavy atom. The van der Waals surface area contributed by atoms with E-state index in [2.05, 4.69) is 37.2 Å². The van der Waals surface area contributed by atoms with E-state index in [0.29, 0.717) is 37.0 Å². The van der Waals surface area contributed by atoms with E-state index in [4.69, 9.17) is 16.3 Å². The number of carbonyl (C=O) groups excluding carboxylic acids is 3. The number of aromatic hydroxyl groups is 1. The lowest BCUT2D eigenvalue weighted by molar-refractivity contribution is -0.127. The minimum atomic E-state index is -0.602. The maximum absolute atomic E-state index is 12.7. The highest BCUT2D eigenvalue weighted by Gasteiger charge is 2.36. The smallest absolute Gasteiger partial charge is 0.294 e. The Hall–Kier alpha value is -2.01. The van der Waals surface area contributed by atoms with Crippen LogP contribution >= 0.6 is 55.2 Å². The largest absolute Gasteiger partial charge is 0.503 e. The summed E-state index contributed by atoms with van der Waals surface area (Å²) in [5, 5.41) is 12.4. The number of nitrogens with one attached hydrogen (secondary N) is 1. The van der Waals surface area contributed by atoms with Gasteiger partial charge in [-0.25, -0.2) is 0 Å². The highest BCUT2D eigenvalue weighted by atomic mass is 79.9. The molecule has 30 heavy (non-hydrogen) atoms. The average Bonchev–Trinajstić information content (AvgIpc) is 2.97. The van der Waals surface area contributed by atoms with Crippen molar-refractivity contribution in [3.05, 3.63) is 54.8 Å². The molecular weight excluding hydrogens is 564 g/mol. The van der Waals surface area contributed by atoms with Gasteiger partial charge >= 0.3 is 0 Å². The maximum atomic E-state index is 12.7. The molecule has 0 radical (unpaired) electrons. The first-order valence-corrected chi connectivity index (χ1v) is 11.1. The molecule has 156 valence electrons. The first-order valence-electron chi connectivity index (χ1n) is 8.27. The summed E-state index contributed by atoms with van der Waals surface area (Å²) < 4.78 is 5.93. The summed E-state index contributed by atoms with van der Waals surface area (Å²) >= 11 is 13.3. The van der Waals surface area contributed by atoms with Crippen molar-refractivity contribution >= 4 is 84.0 Å². The highest BCUT2D eigenvalue weighted by Crippen LogP contribution is 2.43. The molecule has 7 nitrogen and oxygen atoms in total. The zero-order valence-corrected chi connectivity index (χ0v) is 20.0. The number of ether oxygens (including phenoxy) is 1. The van der Waals surface area contributed by atoms with Crippen molar-refractivity contribution in [2.45, 2.75) is 0 Å². The molecule has 1 heterocycles. The third kappa shape index (κ3) is 4.66. The number of halogens is 3. The van der Waals surface area contributed by atoms with Gasteiger partial charge in [-0.15, -0.1) is 0 Å². The van der Waals surface area contributed by atoms with E-state index in [9.17, 15) is 19.5 Å². The molecule has 0 aliphatic carbocycles. The Labute approximate surface area is 197 Å². The summed E-state index contributed by atoms with van der Waals surface area (Å²) in [6.45, 7) is -0.447. The van der Waals surface area contributed by atoms with Crippen molar-refractivity contribution in [3.63, 3.8) is 0 Å². The van der Waals surface area contributed by atoms with Gasteiger partial charge in [-0.3, -0.25) is 19.3 Å². The summed E-state index contributed by atoms with van der Waals surface area (Å²) in [6.07, 6.45) is 1.48. The molecule has 2 aromatic rings. The maximum Gasteiger partial charge on any atom is 0.294 e. The lowest BCUT2D eigenvalue weighted by atomic mass is 10.2. The number of anilines is 1. The van der Waals surface area contributed by atoms with E-state index in [1.165, 1.54) is 19.3 Å². The molecule has 0 unspecified atom stereocenters. The molecule has 1 saturated heterocycles. The number of phenols is 1. The van der Waals surface area contributed by atoms with Crippen LogP contribution in [0, 0.1) is 0 Å². The van der Waals surface area contributed by atoms with E-state index in [1.807, 2.05) is 0 Å². The summed E-state index contributed by atoms with van der Waals surface area (Å²) in [4.78, 5) is 38.3. The fraction of sp³-hybridized carbons (Fsp3) is 0.105. The lowest BCUT2D eigenvalue weighted by Crippen LogP contribution is -2.36. The number of hydrogen-bond donors (Lipinski definition) is 2. The molecule has 1 aliphatic heterocycles. The van der Waals surface area contributed by atoms with Gasteiger partial charge in [0.15, 0.2) is 11.5 Å². The quantitative estimate of drug-likeness (QED) is 0.472. The van der Waals surface area contributed by atoms with Crippen LogP contribution in [0.4, 0.5) is 10.5 Å². The molecule has 3 amide bonds. The molecule has 1 fully saturated rings. The normalized spacial score (nSPS) is 15.1. The number of para-hydroxylation sites is 1. The fourth-order valence-electron chi connectivity index (χ4n) is 2.55. The van der Waals surface area contributed by atoms with Crippen LogP contribution in [0.1, 0.15) is 5.56 Å². The molecule has 11 heteroatoms. The van der Waals surface area contributed by atoms with Crippen LogP contribution in [-0.4, -0.2) is 40.7 Å². The van der Waals surface area contributed by atoms with Gasteiger partial charge in [0.25, 0.3) is 11.1 Å². The lowest BCUT2D eigenvalue weighted by Gasteiger charge is -2.13. The third-order valence-corrected chi connectivity index (χ3v) is 7.40. The molecule has 3 rings (SSSR count). The minimum Gasteiger partial charge on any atom is -0.503 e. The van der Waals surface area contributed by atoms with E-state index in [1.54, 1.807) is 24.3 Å². The van der Waals surface area contributed by atoms with Crippen LogP contribution in [0.5, 0.6) is 11.5 Å². The zero-order valence-electron chi connectivity index (χ0n) is 15.2. The molecule has 2 aromatic carbocycles. The Morgan fingerprint density at radius 2 is 2.00 bits per heavy atom. The second kappa shape index (κ2) is 9.42. The second-order valence-corrected chi connectivity index (χ2v) is 8.93. The van der Waals surface area contributed by atoms with Gasteiger partial charge in [-0.05, 0) is 73.5 Å². The van der Waals surface area contributed by atoms with Gasteiger partial charge < -0.3 is 15.2 Å². The number of carbonyl (C=O) groups is 3. The Kier molecular flexibility index (Phi) is 7.12. The number of hydrogen-bond acceptors (Lipinski definition) is 6. The number of rotatable bonds is 5. The van der Waals surface area contributed by atoms with Crippen molar-refractivity contribution in [2.75, 3.05) is 19.0 Å². The van der Waals surface area contributed by atoms with E-state index < -0.39 is 23.6 Å². The van der Waals surface area contributed by atoms with Crippen LogP contribution in [0.15, 0.2) is 44.2 Å². The van der Waals surface area contributed by atoms with Crippen molar-refractivity contribution in [1.82, 2.24) is 4.90 Å². The Morgan fingerprint density at radius 3 is 2.67 bits per heavy atom. The molecule has 1 aliphatic rings. The predicted molar refractivity (Wildman–Crippen MR) is 123 cm³/mol. The van der Waals surface area contributed by atoms with Crippen LogP contribution in [0.3, 0.4) is 0 Å². The Balaban J connectivity index is 1.80. The number of nitrogens with zero attached hydrogens (tertiary/aromatic N) is 1. The second-order valence-electron chi connectivity index (χ2n) is 5.94. The monoisotopic (exact) mass is 574 g/mol. The number of phenolic OH excluding ortho intramolecular Hbond substituents is 1. The fourth-order valence-corrected chi connectivity index (χ4v) is 4.40. The summed E-state index contributed by atoms with van der Waals surface area (Å²) in [5.41, 5.74) is 0.888. The van der Waals surface area contributed by atoms with Crippen molar-refractivity contribution < 1.29 is 24.2 Å². The topological polar surface area (TPSA) is 95.9 Å².